The number of nitrogens with zero attached hydrogens (tertiary/aromatic N) is 1. The van der Waals surface area contributed by atoms with Crippen molar-refractivity contribution in [3.05, 3.63) is 57.5 Å². The fourth-order valence-corrected chi connectivity index (χ4v) is 4.22. The number of methoxy groups -OCH3 is 1. The highest BCUT2D eigenvalue weighted by molar-refractivity contribution is 8.18. The molecule has 190 valence electrons. The van der Waals surface area contributed by atoms with Crippen molar-refractivity contribution in [2.75, 3.05) is 20.3 Å². The van der Waals surface area contributed by atoms with Gasteiger partial charge in [-0.25, -0.2) is 4.79 Å². The molecule has 1 heterocycles. The summed E-state index contributed by atoms with van der Waals surface area (Å²) in [6.07, 6.45) is 1.08. The average molecular weight is 534 g/mol. The minimum atomic E-state index is -0.682. The second-order valence-corrected chi connectivity index (χ2v) is 9.09. The average Bonchev–Trinajstić information content (AvgIpc) is 3.08. The van der Waals surface area contributed by atoms with Crippen molar-refractivity contribution in [2.24, 2.45) is 0 Å². The lowest BCUT2D eigenvalue weighted by atomic mass is 10.1. The molecule has 2 aromatic carbocycles. The molecule has 9 nitrogen and oxygen atoms in total. The van der Waals surface area contributed by atoms with Crippen LogP contribution in [-0.2, 0) is 14.3 Å². The van der Waals surface area contributed by atoms with Gasteiger partial charge >= 0.3 is 11.9 Å². The molecule has 2 amide bonds. The number of ether oxygens (including phenoxy) is 4. The number of benzene rings is 2. The van der Waals surface area contributed by atoms with Crippen molar-refractivity contribution < 1.29 is 38.1 Å². The number of esters is 2. The first-order chi connectivity index (χ1) is 17.1. The summed E-state index contributed by atoms with van der Waals surface area (Å²) in [6.45, 7) is 4.86. The van der Waals surface area contributed by atoms with Crippen LogP contribution in [0.25, 0.3) is 6.08 Å². The van der Waals surface area contributed by atoms with E-state index in [1.807, 2.05) is 0 Å². The summed E-state index contributed by atoms with van der Waals surface area (Å²) in [5.41, 5.74) is 0.714. The number of imide groups is 1. The van der Waals surface area contributed by atoms with Gasteiger partial charge in [0.15, 0.2) is 11.5 Å². The number of carbonyl (C=O) groups is 4. The van der Waals surface area contributed by atoms with Crippen LogP contribution in [0.4, 0.5) is 4.79 Å². The number of thioether (sulfide) groups is 1. The largest absolute Gasteiger partial charge is 0.497 e. The van der Waals surface area contributed by atoms with E-state index < -0.39 is 29.6 Å². The summed E-state index contributed by atoms with van der Waals surface area (Å²) in [7, 11) is 1.52. The van der Waals surface area contributed by atoms with Crippen molar-refractivity contribution in [1.29, 1.82) is 0 Å². The quantitative estimate of drug-likeness (QED) is 0.251. The van der Waals surface area contributed by atoms with Crippen LogP contribution < -0.4 is 14.2 Å². The number of halogens is 1. The zero-order chi connectivity index (χ0) is 26.4. The summed E-state index contributed by atoms with van der Waals surface area (Å²) >= 11 is 7.10. The van der Waals surface area contributed by atoms with E-state index >= 15 is 0 Å². The van der Waals surface area contributed by atoms with Gasteiger partial charge in [0, 0.05) is 0 Å². The van der Waals surface area contributed by atoms with Crippen LogP contribution in [0.5, 0.6) is 17.2 Å². The predicted molar refractivity (Wildman–Crippen MR) is 134 cm³/mol. The van der Waals surface area contributed by atoms with Crippen molar-refractivity contribution in [3.8, 4) is 17.2 Å². The fraction of sp³-hybridized carbons (Fsp3) is 0.280. The molecule has 36 heavy (non-hydrogen) atoms. The molecule has 2 aromatic rings. The minimum absolute atomic E-state index is 0.0148. The number of carbonyl (C=O) groups excluding carboxylic acids is 4. The van der Waals surface area contributed by atoms with E-state index in [-0.39, 0.29) is 39.7 Å². The standard InChI is InChI=1S/C25H24ClNO8S/c1-5-33-19-11-15(12-20-23(29)27(25(31)36-20)13-21(28)34-14(2)3)10-18(26)22(19)35-24(30)16-6-8-17(32-4)9-7-16/h6-12,14H,5,13H2,1-4H3/b20-12-. The highest BCUT2D eigenvalue weighted by atomic mass is 35.5. The van der Waals surface area contributed by atoms with Crippen LogP contribution in [0, 0.1) is 0 Å². The van der Waals surface area contributed by atoms with Gasteiger partial charge in [-0.3, -0.25) is 19.3 Å². The summed E-state index contributed by atoms with van der Waals surface area (Å²) < 4.78 is 21.2. The van der Waals surface area contributed by atoms with Crippen LogP contribution in [0.1, 0.15) is 36.7 Å². The topological polar surface area (TPSA) is 108 Å². The van der Waals surface area contributed by atoms with Crippen molar-refractivity contribution in [3.63, 3.8) is 0 Å². The van der Waals surface area contributed by atoms with Gasteiger partial charge in [0.05, 0.1) is 35.3 Å². The minimum Gasteiger partial charge on any atom is -0.497 e. The molecule has 11 heteroatoms. The Bertz CT molecular complexity index is 1210. The number of hydrogen-bond donors (Lipinski definition) is 0. The molecule has 1 aliphatic rings. The highest BCUT2D eigenvalue weighted by Crippen LogP contribution is 2.39. The van der Waals surface area contributed by atoms with Gasteiger partial charge in [0.1, 0.15) is 12.3 Å². The van der Waals surface area contributed by atoms with E-state index in [9.17, 15) is 19.2 Å². The van der Waals surface area contributed by atoms with Crippen LogP contribution in [-0.4, -0.2) is 54.4 Å². The van der Waals surface area contributed by atoms with Crippen molar-refractivity contribution in [2.45, 2.75) is 26.9 Å². The molecule has 0 spiro atoms. The molecular weight excluding hydrogens is 510 g/mol. The van der Waals surface area contributed by atoms with Gasteiger partial charge in [-0.15, -0.1) is 0 Å². The molecule has 0 N–H and O–H groups in total. The van der Waals surface area contributed by atoms with Crippen LogP contribution in [0.3, 0.4) is 0 Å². The number of rotatable bonds is 9. The molecule has 0 unspecified atom stereocenters. The first-order valence-corrected chi connectivity index (χ1v) is 12.1. The van der Waals surface area contributed by atoms with E-state index in [1.165, 1.54) is 25.3 Å². The Morgan fingerprint density at radius 1 is 1.14 bits per heavy atom. The molecular formula is C25H24ClNO8S. The number of amides is 2. The van der Waals surface area contributed by atoms with Gasteiger partial charge in [-0.1, -0.05) is 11.6 Å². The molecule has 3 rings (SSSR count). The highest BCUT2D eigenvalue weighted by Gasteiger charge is 2.37. The van der Waals surface area contributed by atoms with Crippen molar-refractivity contribution >= 4 is 52.5 Å². The maximum Gasteiger partial charge on any atom is 0.343 e. The zero-order valence-corrected chi connectivity index (χ0v) is 21.6. The number of hydrogen-bond acceptors (Lipinski definition) is 9. The third kappa shape index (κ3) is 6.58. The lowest BCUT2D eigenvalue weighted by molar-refractivity contribution is -0.149. The van der Waals surface area contributed by atoms with E-state index in [0.29, 0.717) is 23.1 Å². The summed E-state index contributed by atoms with van der Waals surface area (Å²) in [6, 6.07) is 9.36. The molecule has 0 saturated carbocycles. The van der Waals surface area contributed by atoms with Gasteiger partial charge in [0.2, 0.25) is 0 Å². The maximum atomic E-state index is 12.7. The van der Waals surface area contributed by atoms with Crippen LogP contribution in [0.15, 0.2) is 41.3 Å². The SMILES string of the molecule is CCOc1cc(/C=C2\SC(=O)N(CC(=O)OC(C)C)C2=O)cc(Cl)c1OC(=O)c1ccc(OC)cc1. The van der Waals surface area contributed by atoms with Gasteiger partial charge in [-0.05, 0) is 80.6 Å². The Balaban J connectivity index is 1.84. The second-order valence-electron chi connectivity index (χ2n) is 7.69. The molecule has 0 atom stereocenters. The third-order valence-corrected chi connectivity index (χ3v) is 5.87. The van der Waals surface area contributed by atoms with Crippen LogP contribution >= 0.6 is 23.4 Å². The molecule has 0 radical (unpaired) electrons. The lowest BCUT2D eigenvalue weighted by Crippen LogP contribution is -2.35. The monoisotopic (exact) mass is 533 g/mol. The molecule has 0 bridgehead atoms. The first-order valence-electron chi connectivity index (χ1n) is 10.9. The van der Waals surface area contributed by atoms with Crippen molar-refractivity contribution in [1.82, 2.24) is 4.90 Å². The molecule has 1 aliphatic heterocycles. The van der Waals surface area contributed by atoms with Crippen LogP contribution in [0.2, 0.25) is 5.02 Å². The van der Waals surface area contributed by atoms with Gasteiger partial charge < -0.3 is 18.9 Å². The molecule has 1 fully saturated rings. The Morgan fingerprint density at radius 3 is 2.44 bits per heavy atom. The van der Waals surface area contributed by atoms with E-state index in [4.69, 9.17) is 30.5 Å². The van der Waals surface area contributed by atoms with E-state index in [0.717, 1.165) is 4.90 Å². The smallest absolute Gasteiger partial charge is 0.343 e. The third-order valence-electron chi connectivity index (χ3n) is 4.68. The predicted octanol–water partition coefficient (Wildman–Crippen LogP) is 4.95. The molecule has 0 aliphatic carbocycles. The Hall–Kier alpha value is -3.50. The summed E-state index contributed by atoms with van der Waals surface area (Å²) in [5.74, 6) is -1.18. The normalized spacial score (nSPS) is 14.4. The van der Waals surface area contributed by atoms with Gasteiger partial charge in [0.25, 0.3) is 11.1 Å². The Kier molecular flexibility index (Phi) is 9.00. The summed E-state index contributed by atoms with van der Waals surface area (Å²) in [5, 5.41) is -0.526. The molecule has 0 aromatic heterocycles. The van der Waals surface area contributed by atoms with E-state index in [1.54, 1.807) is 45.0 Å². The maximum absolute atomic E-state index is 12.7. The Labute approximate surface area is 217 Å². The zero-order valence-electron chi connectivity index (χ0n) is 20.0. The molecule has 1 saturated heterocycles. The van der Waals surface area contributed by atoms with Gasteiger partial charge in [-0.2, -0.15) is 0 Å². The second kappa shape index (κ2) is 12.0. The van der Waals surface area contributed by atoms with E-state index in [2.05, 4.69) is 0 Å². The lowest BCUT2D eigenvalue weighted by Gasteiger charge is -2.14. The Morgan fingerprint density at radius 2 is 1.83 bits per heavy atom. The first kappa shape index (κ1) is 27.1. The fourth-order valence-electron chi connectivity index (χ4n) is 3.13. The summed E-state index contributed by atoms with van der Waals surface area (Å²) in [4.78, 5) is 50.5.